The molecule has 1 saturated carbocycles. The quantitative estimate of drug-likeness (QED) is 0.807. The SMILES string of the molecule is O=C(CCCBr)NC1CCC(Oc2cnccn2)CC1. The van der Waals surface area contributed by atoms with Gasteiger partial charge < -0.3 is 10.1 Å². The highest BCUT2D eigenvalue weighted by atomic mass is 79.9. The highest BCUT2D eigenvalue weighted by Crippen LogP contribution is 2.22. The van der Waals surface area contributed by atoms with Crippen molar-refractivity contribution in [3.05, 3.63) is 18.6 Å². The van der Waals surface area contributed by atoms with Crippen molar-refractivity contribution >= 4 is 21.8 Å². The van der Waals surface area contributed by atoms with E-state index in [-0.39, 0.29) is 12.0 Å². The second-order valence-corrected chi connectivity index (χ2v) is 5.79. The number of ether oxygens (including phenoxy) is 1. The molecule has 1 heterocycles. The Bertz CT molecular complexity index is 408. The first-order valence-electron chi connectivity index (χ1n) is 7.06. The van der Waals surface area contributed by atoms with E-state index in [1.165, 1.54) is 0 Å². The summed E-state index contributed by atoms with van der Waals surface area (Å²) in [4.78, 5) is 19.8. The number of carbonyl (C=O) groups is 1. The third-order valence-electron chi connectivity index (χ3n) is 3.40. The van der Waals surface area contributed by atoms with Gasteiger partial charge in [0.15, 0.2) is 0 Å². The van der Waals surface area contributed by atoms with Crippen LogP contribution in [0.15, 0.2) is 18.6 Å². The maximum Gasteiger partial charge on any atom is 0.232 e. The van der Waals surface area contributed by atoms with Crippen LogP contribution in [0, 0.1) is 0 Å². The number of nitrogens with one attached hydrogen (secondary N) is 1. The van der Waals surface area contributed by atoms with Crippen molar-refractivity contribution < 1.29 is 9.53 Å². The fourth-order valence-electron chi connectivity index (χ4n) is 2.37. The van der Waals surface area contributed by atoms with Crippen LogP contribution in [0.25, 0.3) is 0 Å². The highest BCUT2D eigenvalue weighted by Gasteiger charge is 2.23. The Balaban J connectivity index is 1.68. The largest absolute Gasteiger partial charge is 0.473 e. The Morgan fingerprint density at radius 3 is 2.80 bits per heavy atom. The summed E-state index contributed by atoms with van der Waals surface area (Å²) >= 11 is 3.33. The molecular weight excluding hydrogens is 322 g/mol. The molecule has 1 aliphatic carbocycles. The lowest BCUT2D eigenvalue weighted by atomic mass is 9.93. The first-order valence-corrected chi connectivity index (χ1v) is 8.18. The van der Waals surface area contributed by atoms with Crippen molar-refractivity contribution in [1.82, 2.24) is 15.3 Å². The number of carbonyl (C=O) groups excluding carboxylic acids is 1. The van der Waals surface area contributed by atoms with Crippen molar-refractivity contribution in [3.63, 3.8) is 0 Å². The van der Waals surface area contributed by atoms with E-state index in [1.807, 2.05) is 0 Å². The average Bonchev–Trinajstić information content (AvgIpc) is 2.48. The number of halogens is 1. The van der Waals surface area contributed by atoms with Crippen LogP contribution in [0.3, 0.4) is 0 Å². The summed E-state index contributed by atoms with van der Waals surface area (Å²) < 4.78 is 5.78. The molecule has 0 radical (unpaired) electrons. The summed E-state index contributed by atoms with van der Waals surface area (Å²) in [5.74, 6) is 0.736. The van der Waals surface area contributed by atoms with Gasteiger partial charge in [-0.1, -0.05) is 15.9 Å². The Morgan fingerprint density at radius 2 is 2.15 bits per heavy atom. The van der Waals surface area contributed by atoms with Crippen LogP contribution in [0.2, 0.25) is 0 Å². The molecule has 6 heteroatoms. The van der Waals surface area contributed by atoms with Gasteiger partial charge in [-0.25, -0.2) is 4.98 Å². The molecule has 0 atom stereocenters. The van der Waals surface area contributed by atoms with E-state index in [9.17, 15) is 4.79 Å². The van der Waals surface area contributed by atoms with Crippen molar-refractivity contribution in [1.29, 1.82) is 0 Å². The molecule has 0 unspecified atom stereocenters. The molecule has 2 rings (SSSR count). The third kappa shape index (κ3) is 5.07. The molecule has 0 spiro atoms. The van der Waals surface area contributed by atoms with Gasteiger partial charge in [0.1, 0.15) is 6.10 Å². The van der Waals surface area contributed by atoms with Crippen LogP contribution in [-0.2, 0) is 4.79 Å². The second-order valence-electron chi connectivity index (χ2n) is 5.00. The topological polar surface area (TPSA) is 64.1 Å². The lowest BCUT2D eigenvalue weighted by Crippen LogP contribution is -2.39. The van der Waals surface area contributed by atoms with Gasteiger partial charge in [-0.05, 0) is 32.1 Å². The molecule has 0 saturated heterocycles. The zero-order valence-electron chi connectivity index (χ0n) is 11.4. The number of hydrogen-bond acceptors (Lipinski definition) is 4. The average molecular weight is 342 g/mol. The number of amides is 1. The molecule has 1 aromatic heterocycles. The molecule has 5 nitrogen and oxygen atoms in total. The van der Waals surface area contributed by atoms with E-state index in [2.05, 4.69) is 31.2 Å². The van der Waals surface area contributed by atoms with Gasteiger partial charge >= 0.3 is 0 Å². The molecule has 1 fully saturated rings. The summed E-state index contributed by atoms with van der Waals surface area (Å²) in [5, 5.41) is 3.97. The minimum absolute atomic E-state index is 0.155. The molecule has 1 aromatic rings. The fraction of sp³-hybridized carbons (Fsp3) is 0.643. The number of rotatable bonds is 6. The number of hydrogen-bond donors (Lipinski definition) is 1. The van der Waals surface area contributed by atoms with Crippen LogP contribution in [0.4, 0.5) is 0 Å². The van der Waals surface area contributed by atoms with Gasteiger partial charge in [-0.3, -0.25) is 9.78 Å². The maximum absolute atomic E-state index is 11.7. The van der Waals surface area contributed by atoms with E-state index >= 15 is 0 Å². The Morgan fingerprint density at radius 1 is 1.35 bits per heavy atom. The third-order valence-corrected chi connectivity index (χ3v) is 3.96. The molecule has 0 aromatic carbocycles. The van der Waals surface area contributed by atoms with Gasteiger partial charge in [0, 0.05) is 30.2 Å². The highest BCUT2D eigenvalue weighted by molar-refractivity contribution is 9.09. The summed E-state index contributed by atoms with van der Waals surface area (Å²) in [6, 6.07) is 0.291. The molecule has 0 aliphatic heterocycles. The fourth-order valence-corrected chi connectivity index (χ4v) is 2.65. The first kappa shape index (κ1) is 15.2. The molecule has 110 valence electrons. The van der Waals surface area contributed by atoms with Crippen LogP contribution in [0.1, 0.15) is 38.5 Å². The zero-order chi connectivity index (χ0) is 14.2. The van der Waals surface area contributed by atoms with Crippen LogP contribution in [-0.4, -0.2) is 33.4 Å². The van der Waals surface area contributed by atoms with E-state index in [0.717, 1.165) is 37.4 Å². The van der Waals surface area contributed by atoms with Crippen LogP contribution < -0.4 is 10.1 Å². The molecular formula is C14H20BrN3O2. The minimum Gasteiger partial charge on any atom is -0.473 e. The van der Waals surface area contributed by atoms with E-state index in [4.69, 9.17) is 4.74 Å². The summed E-state index contributed by atoms with van der Waals surface area (Å²) in [5.41, 5.74) is 0. The Hall–Kier alpha value is -1.17. The smallest absolute Gasteiger partial charge is 0.232 e. The second kappa shape index (κ2) is 8.19. The van der Waals surface area contributed by atoms with Crippen molar-refractivity contribution in [2.75, 3.05) is 5.33 Å². The number of nitrogens with zero attached hydrogens (tertiary/aromatic N) is 2. The maximum atomic E-state index is 11.7. The monoisotopic (exact) mass is 341 g/mol. The van der Waals surface area contributed by atoms with Crippen LogP contribution >= 0.6 is 15.9 Å². The minimum atomic E-state index is 0.155. The number of aromatic nitrogens is 2. The normalized spacial score (nSPS) is 22.2. The summed E-state index contributed by atoms with van der Waals surface area (Å²) in [6.07, 6.45) is 10.4. The van der Waals surface area contributed by atoms with Crippen molar-refractivity contribution in [2.24, 2.45) is 0 Å². The van der Waals surface area contributed by atoms with Gasteiger partial charge in [0.25, 0.3) is 0 Å². The molecule has 1 amide bonds. The van der Waals surface area contributed by atoms with Crippen LogP contribution in [0.5, 0.6) is 5.88 Å². The van der Waals surface area contributed by atoms with E-state index in [1.54, 1.807) is 18.6 Å². The lowest BCUT2D eigenvalue weighted by molar-refractivity contribution is -0.122. The molecule has 1 N–H and O–H groups in total. The lowest BCUT2D eigenvalue weighted by Gasteiger charge is -2.29. The predicted octanol–water partition coefficient (Wildman–Crippen LogP) is 2.46. The van der Waals surface area contributed by atoms with Gasteiger partial charge in [0.05, 0.1) is 6.20 Å². The van der Waals surface area contributed by atoms with Crippen molar-refractivity contribution in [2.45, 2.75) is 50.7 Å². The summed E-state index contributed by atoms with van der Waals surface area (Å²) in [7, 11) is 0. The van der Waals surface area contributed by atoms with Gasteiger partial charge in [0.2, 0.25) is 11.8 Å². The van der Waals surface area contributed by atoms with Gasteiger partial charge in [-0.15, -0.1) is 0 Å². The standard InChI is InChI=1S/C14H20BrN3O2/c15-7-1-2-13(19)18-11-3-5-12(6-4-11)20-14-10-16-8-9-17-14/h8-12H,1-7H2,(H,18,19). The number of alkyl halides is 1. The van der Waals surface area contributed by atoms with E-state index in [0.29, 0.717) is 18.3 Å². The molecule has 1 aliphatic rings. The van der Waals surface area contributed by atoms with Gasteiger partial charge in [-0.2, -0.15) is 0 Å². The Kier molecular flexibility index (Phi) is 6.24. The zero-order valence-corrected chi connectivity index (χ0v) is 13.0. The molecule has 20 heavy (non-hydrogen) atoms. The summed E-state index contributed by atoms with van der Waals surface area (Å²) in [6.45, 7) is 0. The predicted molar refractivity (Wildman–Crippen MR) is 79.9 cm³/mol. The van der Waals surface area contributed by atoms with Crippen molar-refractivity contribution in [3.8, 4) is 5.88 Å². The molecule has 0 bridgehead atoms. The first-order chi connectivity index (χ1) is 9.78. The Labute approximate surface area is 127 Å². The van der Waals surface area contributed by atoms with E-state index < -0.39 is 0 Å².